The van der Waals surface area contributed by atoms with Gasteiger partial charge in [0.25, 0.3) is 0 Å². The van der Waals surface area contributed by atoms with Gasteiger partial charge in [0.15, 0.2) is 5.78 Å². The third kappa shape index (κ3) is 2.68. The van der Waals surface area contributed by atoms with Gasteiger partial charge in [-0.05, 0) is 35.9 Å². The molecule has 0 radical (unpaired) electrons. The van der Waals surface area contributed by atoms with Gasteiger partial charge in [0.05, 0.1) is 0 Å². The van der Waals surface area contributed by atoms with Crippen LogP contribution in [0.2, 0.25) is 0 Å². The summed E-state index contributed by atoms with van der Waals surface area (Å²) in [6, 6.07) is 19.5. The fourth-order valence-electron chi connectivity index (χ4n) is 2.84. The third-order valence-corrected chi connectivity index (χ3v) is 4.54. The Kier molecular flexibility index (Phi) is 3.50. The van der Waals surface area contributed by atoms with Crippen LogP contribution in [0.5, 0.6) is 0 Å². The van der Waals surface area contributed by atoms with Crippen LogP contribution in [0, 0.1) is 0 Å². The minimum Gasteiger partial charge on any atom is -0.457 e. The zero-order valence-electron chi connectivity index (χ0n) is 12.3. The molecule has 0 saturated carbocycles. The van der Waals surface area contributed by atoms with Gasteiger partial charge in [-0.1, -0.05) is 52.3 Å². The number of rotatable bonds is 2. The smallest absolute Gasteiger partial charge is 0.189 e. The molecule has 1 aromatic heterocycles. The summed E-state index contributed by atoms with van der Waals surface area (Å²) >= 11 is 3.42. The Morgan fingerprint density at radius 1 is 0.957 bits per heavy atom. The van der Waals surface area contributed by atoms with Crippen molar-refractivity contribution in [3.8, 4) is 11.3 Å². The van der Waals surface area contributed by atoms with E-state index in [0.717, 1.165) is 32.5 Å². The van der Waals surface area contributed by atoms with E-state index in [1.165, 1.54) is 0 Å². The molecule has 0 N–H and O–H groups in total. The second-order valence-electron chi connectivity index (χ2n) is 5.54. The summed E-state index contributed by atoms with van der Waals surface area (Å²) in [4.78, 5) is 12.4. The molecule has 4 rings (SSSR count). The number of hydrogen-bond acceptors (Lipinski definition) is 2. The Balaban J connectivity index is 1.64. The van der Waals surface area contributed by atoms with Gasteiger partial charge >= 0.3 is 0 Å². The highest BCUT2D eigenvalue weighted by molar-refractivity contribution is 9.10. The van der Waals surface area contributed by atoms with Gasteiger partial charge in [-0.3, -0.25) is 4.79 Å². The van der Waals surface area contributed by atoms with E-state index in [4.69, 9.17) is 4.42 Å². The van der Waals surface area contributed by atoms with Crippen molar-refractivity contribution in [2.75, 3.05) is 0 Å². The van der Waals surface area contributed by atoms with Crippen molar-refractivity contribution in [3.05, 3.63) is 87.6 Å². The number of ketones is 1. The lowest BCUT2D eigenvalue weighted by Gasteiger charge is -1.97. The first-order chi connectivity index (χ1) is 11.2. The average Bonchev–Trinajstić information content (AvgIpc) is 3.15. The van der Waals surface area contributed by atoms with Crippen LogP contribution in [0.15, 0.2) is 75.1 Å². The van der Waals surface area contributed by atoms with Crippen LogP contribution in [-0.4, -0.2) is 5.78 Å². The molecule has 0 atom stereocenters. The molecule has 3 aromatic rings. The lowest BCUT2D eigenvalue weighted by molar-refractivity contribution is 0.104. The SMILES string of the molecule is O=C1C(=Cc2ccc(-c3ccc(Br)cc3)o2)Cc2ccccc21. The number of Topliss-reactive ketones (excluding diaryl/α,β-unsaturated/α-hetero) is 1. The quantitative estimate of drug-likeness (QED) is 0.559. The second-order valence-corrected chi connectivity index (χ2v) is 6.46. The minimum absolute atomic E-state index is 0.0993. The van der Waals surface area contributed by atoms with Crippen LogP contribution in [0.4, 0.5) is 0 Å². The molecule has 0 unspecified atom stereocenters. The number of halogens is 1. The first kappa shape index (κ1) is 14.2. The van der Waals surface area contributed by atoms with Crippen molar-refractivity contribution in [3.63, 3.8) is 0 Å². The number of carbonyl (C=O) groups excluding carboxylic acids is 1. The minimum atomic E-state index is 0.0993. The van der Waals surface area contributed by atoms with Crippen LogP contribution in [0.1, 0.15) is 21.7 Å². The van der Waals surface area contributed by atoms with Crippen LogP contribution in [-0.2, 0) is 6.42 Å². The Morgan fingerprint density at radius 2 is 1.74 bits per heavy atom. The third-order valence-electron chi connectivity index (χ3n) is 4.01. The lowest BCUT2D eigenvalue weighted by Crippen LogP contribution is -1.94. The molecule has 0 aliphatic heterocycles. The van der Waals surface area contributed by atoms with E-state index >= 15 is 0 Å². The van der Waals surface area contributed by atoms with E-state index in [-0.39, 0.29) is 5.78 Å². The van der Waals surface area contributed by atoms with Crippen molar-refractivity contribution in [2.45, 2.75) is 6.42 Å². The molecule has 23 heavy (non-hydrogen) atoms. The Labute approximate surface area is 142 Å². The van der Waals surface area contributed by atoms with E-state index in [2.05, 4.69) is 15.9 Å². The number of allylic oxidation sites excluding steroid dienone is 1. The highest BCUT2D eigenvalue weighted by Gasteiger charge is 2.24. The molecule has 1 heterocycles. The molecule has 0 fully saturated rings. The van der Waals surface area contributed by atoms with E-state index in [1.54, 1.807) is 0 Å². The number of fused-ring (bicyclic) bond motifs is 1. The first-order valence-corrected chi connectivity index (χ1v) is 8.19. The van der Waals surface area contributed by atoms with Crippen molar-refractivity contribution in [1.82, 2.24) is 0 Å². The van der Waals surface area contributed by atoms with Gasteiger partial charge in [-0.25, -0.2) is 0 Å². The van der Waals surface area contributed by atoms with Crippen LogP contribution >= 0.6 is 15.9 Å². The fourth-order valence-corrected chi connectivity index (χ4v) is 3.11. The molecule has 0 spiro atoms. The van der Waals surface area contributed by atoms with Gasteiger partial charge in [0.1, 0.15) is 11.5 Å². The second kappa shape index (κ2) is 5.67. The van der Waals surface area contributed by atoms with Crippen LogP contribution in [0.3, 0.4) is 0 Å². The monoisotopic (exact) mass is 364 g/mol. The fraction of sp³-hybridized carbons (Fsp3) is 0.0500. The molecule has 1 aliphatic carbocycles. The molecule has 0 saturated heterocycles. The maximum absolute atomic E-state index is 12.4. The van der Waals surface area contributed by atoms with Gasteiger partial charge in [-0.2, -0.15) is 0 Å². The van der Waals surface area contributed by atoms with E-state index in [9.17, 15) is 4.79 Å². The lowest BCUT2D eigenvalue weighted by atomic mass is 10.1. The van der Waals surface area contributed by atoms with Gasteiger partial charge in [0.2, 0.25) is 0 Å². The molecule has 0 bridgehead atoms. The van der Waals surface area contributed by atoms with Crippen molar-refractivity contribution in [1.29, 1.82) is 0 Å². The largest absolute Gasteiger partial charge is 0.457 e. The average molecular weight is 365 g/mol. The molecule has 2 nitrogen and oxygen atoms in total. The zero-order valence-corrected chi connectivity index (χ0v) is 13.8. The predicted octanol–water partition coefficient (Wildman–Crippen LogP) is 5.53. The van der Waals surface area contributed by atoms with E-state index < -0.39 is 0 Å². The highest BCUT2D eigenvalue weighted by Crippen LogP contribution is 2.29. The number of benzene rings is 2. The van der Waals surface area contributed by atoms with Crippen molar-refractivity contribution in [2.24, 2.45) is 0 Å². The summed E-state index contributed by atoms with van der Waals surface area (Å²) in [6.45, 7) is 0. The van der Waals surface area contributed by atoms with Gasteiger partial charge in [-0.15, -0.1) is 0 Å². The number of furan rings is 1. The number of hydrogen-bond donors (Lipinski definition) is 0. The molecule has 1 aliphatic rings. The Bertz CT molecular complexity index is 917. The zero-order chi connectivity index (χ0) is 15.8. The summed E-state index contributed by atoms with van der Waals surface area (Å²) in [5.74, 6) is 1.61. The summed E-state index contributed by atoms with van der Waals surface area (Å²) in [7, 11) is 0. The number of carbonyl (C=O) groups is 1. The summed E-state index contributed by atoms with van der Waals surface area (Å²) in [5.41, 5.74) is 3.68. The normalized spacial score (nSPS) is 15.2. The van der Waals surface area contributed by atoms with Gasteiger partial charge < -0.3 is 4.42 Å². The summed E-state index contributed by atoms with van der Waals surface area (Å²) in [5, 5.41) is 0. The summed E-state index contributed by atoms with van der Waals surface area (Å²) < 4.78 is 6.91. The first-order valence-electron chi connectivity index (χ1n) is 7.40. The molecule has 3 heteroatoms. The van der Waals surface area contributed by atoms with Crippen molar-refractivity contribution < 1.29 is 9.21 Å². The summed E-state index contributed by atoms with van der Waals surface area (Å²) in [6.07, 6.45) is 2.52. The Hall–Kier alpha value is -2.39. The van der Waals surface area contributed by atoms with Crippen molar-refractivity contribution >= 4 is 27.8 Å². The molecule has 112 valence electrons. The van der Waals surface area contributed by atoms with Gasteiger partial charge in [0, 0.05) is 27.6 Å². The topological polar surface area (TPSA) is 30.2 Å². The Morgan fingerprint density at radius 3 is 2.52 bits per heavy atom. The molecular weight excluding hydrogens is 352 g/mol. The maximum atomic E-state index is 12.4. The molecule has 0 amide bonds. The molecule has 2 aromatic carbocycles. The van der Waals surface area contributed by atoms with E-state index in [0.29, 0.717) is 12.2 Å². The van der Waals surface area contributed by atoms with Crippen LogP contribution < -0.4 is 0 Å². The standard InChI is InChI=1S/C20H13BrO2/c21-16-7-5-13(6-8-16)19-10-9-17(23-19)12-15-11-14-3-1-2-4-18(14)20(15)22/h1-10,12H,11H2. The predicted molar refractivity (Wildman–Crippen MR) is 94.3 cm³/mol. The van der Waals surface area contributed by atoms with E-state index in [1.807, 2.05) is 66.7 Å². The molecular formula is C20H13BrO2. The van der Waals surface area contributed by atoms with Crippen LogP contribution in [0.25, 0.3) is 17.4 Å². The maximum Gasteiger partial charge on any atom is 0.189 e. The highest BCUT2D eigenvalue weighted by atomic mass is 79.9.